The zero-order valence-electron chi connectivity index (χ0n) is 15.7. The van der Waals surface area contributed by atoms with Crippen LogP contribution < -0.4 is 15.4 Å². The first-order valence-electron chi connectivity index (χ1n) is 8.86. The van der Waals surface area contributed by atoms with Gasteiger partial charge in [0.05, 0.1) is 5.56 Å². The Morgan fingerprint density at radius 3 is 2.28 bits per heavy atom. The number of carbonyl (C=O) groups is 3. The van der Waals surface area contributed by atoms with Gasteiger partial charge in [-0.1, -0.05) is 6.07 Å². The third kappa shape index (κ3) is 5.74. The number of carbonyl (C=O) groups excluding carboxylic acids is 3. The molecule has 7 heteroatoms. The highest BCUT2D eigenvalue weighted by Gasteiger charge is 2.08. The molecular formula is C22H19N3O4. The Bertz CT molecular complexity index is 1020. The molecule has 1 aromatic heterocycles. The number of ether oxygens (including phenoxy) is 1. The lowest BCUT2D eigenvalue weighted by Crippen LogP contribution is -2.20. The molecule has 0 spiro atoms. The molecule has 1 heterocycles. The van der Waals surface area contributed by atoms with Crippen molar-refractivity contribution in [3.63, 3.8) is 0 Å². The summed E-state index contributed by atoms with van der Waals surface area (Å²) in [5.74, 6) is -0.192. The summed E-state index contributed by atoms with van der Waals surface area (Å²) in [7, 11) is 0. The molecule has 0 aliphatic heterocycles. The summed E-state index contributed by atoms with van der Waals surface area (Å²) in [6.07, 6.45) is 3.06. The van der Waals surface area contributed by atoms with Gasteiger partial charge < -0.3 is 15.4 Å². The van der Waals surface area contributed by atoms with E-state index in [0.717, 1.165) is 0 Å². The van der Waals surface area contributed by atoms with Crippen molar-refractivity contribution in [2.75, 3.05) is 17.2 Å². The minimum Gasteiger partial charge on any atom is -0.484 e. The van der Waals surface area contributed by atoms with Crippen molar-refractivity contribution in [3.8, 4) is 5.75 Å². The van der Waals surface area contributed by atoms with Gasteiger partial charge >= 0.3 is 0 Å². The lowest BCUT2D eigenvalue weighted by atomic mass is 10.1. The molecule has 3 aromatic rings. The van der Waals surface area contributed by atoms with Crippen LogP contribution in [-0.2, 0) is 4.79 Å². The van der Waals surface area contributed by atoms with Crippen LogP contribution in [0, 0.1) is 0 Å². The molecule has 2 aromatic carbocycles. The Hall–Kier alpha value is -4.00. The van der Waals surface area contributed by atoms with Crippen molar-refractivity contribution in [1.82, 2.24) is 4.98 Å². The summed E-state index contributed by atoms with van der Waals surface area (Å²) in [5.41, 5.74) is 2.07. The lowest BCUT2D eigenvalue weighted by molar-refractivity contribution is -0.118. The van der Waals surface area contributed by atoms with Crippen LogP contribution in [-0.4, -0.2) is 29.2 Å². The molecule has 0 fully saturated rings. The molecule has 29 heavy (non-hydrogen) atoms. The molecule has 7 nitrogen and oxygen atoms in total. The Kier molecular flexibility index (Phi) is 6.32. The molecule has 3 rings (SSSR count). The number of rotatable bonds is 7. The number of aromatic nitrogens is 1. The number of pyridine rings is 1. The summed E-state index contributed by atoms with van der Waals surface area (Å²) in [6.45, 7) is 1.29. The van der Waals surface area contributed by atoms with Gasteiger partial charge in [-0.3, -0.25) is 19.4 Å². The maximum absolute atomic E-state index is 12.2. The Balaban J connectivity index is 1.54. The molecule has 2 N–H and O–H groups in total. The first-order chi connectivity index (χ1) is 14.0. The minimum atomic E-state index is -0.351. The highest BCUT2D eigenvalue weighted by molar-refractivity contribution is 6.04. The van der Waals surface area contributed by atoms with Gasteiger partial charge in [0, 0.05) is 29.3 Å². The molecule has 0 saturated carbocycles. The summed E-state index contributed by atoms with van der Waals surface area (Å²) in [4.78, 5) is 39.5. The monoisotopic (exact) mass is 389 g/mol. The molecule has 0 aliphatic rings. The smallest absolute Gasteiger partial charge is 0.262 e. The van der Waals surface area contributed by atoms with E-state index in [-0.39, 0.29) is 24.2 Å². The van der Waals surface area contributed by atoms with E-state index in [0.29, 0.717) is 28.3 Å². The number of anilines is 2. The standard InChI is InChI=1S/C22H19N3O4/c1-15(26)16-7-9-20(10-8-16)29-14-21(27)24-18-5-2-6-19(12-18)25-22(28)17-4-3-11-23-13-17/h2-13H,14H2,1H3,(H,24,27)(H,25,28). The quantitative estimate of drug-likeness (QED) is 0.602. The van der Waals surface area contributed by atoms with E-state index in [9.17, 15) is 14.4 Å². The van der Waals surface area contributed by atoms with Gasteiger partial charge in [0.2, 0.25) is 0 Å². The number of nitrogens with one attached hydrogen (secondary N) is 2. The van der Waals surface area contributed by atoms with Gasteiger partial charge in [-0.25, -0.2) is 0 Å². The maximum atomic E-state index is 12.2. The molecule has 0 aliphatic carbocycles. The number of benzene rings is 2. The van der Waals surface area contributed by atoms with E-state index in [1.54, 1.807) is 66.9 Å². The third-order valence-electron chi connectivity index (χ3n) is 3.96. The highest BCUT2D eigenvalue weighted by atomic mass is 16.5. The number of amides is 2. The van der Waals surface area contributed by atoms with Crippen LogP contribution in [0.5, 0.6) is 5.75 Å². The first-order valence-corrected chi connectivity index (χ1v) is 8.86. The van der Waals surface area contributed by atoms with Gasteiger partial charge in [0.1, 0.15) is 5.75 Å². The van der Waals surface area contributed by atoms with Crippen LogP contribution in [0.25, 0.3) is 0 Å². The average Bonchev–Trinajstić information content (AvgIpc) is 2.73. The predicted molar refractivity (Wildman–Crippen MR) is 109 cm³/mol. The van der Waals surface area contributed by atoms with E-state index in [1.807, 2.05) is 0 Å². The summed E-state index contributed by atoms with van der Waals surface area (Å²) in [6, 6.07) is 16.7. The fourth-order valence-corrected chi connectivity index (χ4v) is 2.51. The molecule has 0 saturated heterocycles. The van der Waals surface area contributed by atoms with E-state index in [1.165, 1.54) is 13.1 Å². The van der Waals surface area contributed by atoms with Gasteiger partial charge in [-0.2, -0.15) is 0 Å². The molecule has 0 bridgehead atoms. The van der Waals surface area contributed by atoms with Gasteiger partial charge in [-0.05, 0) is 61.5 Å². The predicted octanol–water partition coefficient (Wildman–Crippen LogP) is 3.55. The normalized spacial score (nSPS) is 10.1. The van der Waals surface area contributed by atoms with Crippen molar-refractivity contribution in [2.45, 2.75) is 6.92 Å². The fraction of sp³-hybridized carbons (Fsp3) is 0.0909. The Morgan fingerprint density at radius 2 is 1.62 bits per heavy atom. The van der Waals surface area contributed by atoms with Crippen LogP contribution in [0.1, 0.15) is 27.6 Å². The largest absolute Gasteiger partial charge is 0.484 e. The second-order valence-corrected chi connectivity index (χ2v) is 6.19. The van der Waals surface area contributed by atoms with Crippen LogP contribution in [0.15, 0.2) is 73.1 Å². The molecular weight excluding hydrogens is 370 g/mol. The van der Waals surface area contributed by atoms with Gasteiger partial charge in [0.15, 0.2) is 12.4 Å². The van der Waals surface area contributed by atoms with Crippen molar-refractivity contribution in [3.05, 3.63) is 84.2 Å². The lowest BCUT2D eigenvalue weighted by Gasteiger charge is -2.10. The number of hydrogen-bond donors (Lipinski definition) is 2. The van der Waals surface area contributed by atoms with Crippen molar-refractivity contribution >= 4 is 29.0 Å². The van der Waals surface area contributed by atoms with Crippen LogP contribution in [0.4, 0.5) is 11.4 Å². The molecule has 0 radical (unpaired) electrons. The summed E-state index contributed by atoms with van der Waals surface area (Å²) < 4.78 is 5.43. The number of hydrogen-bond acceptors (Lipinski definition) is 5. The number of nitrogens with zero attached hydrogens (tertiary/aromatic N) is 1. The maximum Gasteiger partial charge on any atom is 0.262 e. The summed E-state index contributed by atoms with van der Waals surface area (Å²) >= 11 is 0. The van der Waals surface area contributed by atoms with E-state index < -0.39 is 0 Å². The van der Waals surface area contributed by atoms with Crippen molar-refractivity contribution < 1.29 is 19.1 Å². The van der Waals surface area contributed by atoms with Crippen molar-refractivity contribution in [1.29, 1.82) is 0 Å². The third-order valence-corrected chi connectivity index (χ3v) is 3.96. The fourth-order valence-electron chi connectivity index (χ4n) is 2.51. The second kappa shape index (κ2) is 9.27. The van der Waals surface area contributed by atoms with Crippen LogP contribution in [0.2, 0.25) is 0 Å². The zero-order chi connectivity index (χ0) is 20.6. The van der Waals surface area contributed by atoms with Crippen LogP contribution >= 0.6 is 0 Å². The Morgan fingerprint density at radius 1 is 0.897 bits per heavy atom. The van der Waals surface area contributed by atoms with Crippen molar-refractivity contribution in [2.24, 2.45) is 0 Å². The second-order valence-electron chi connectivity index (χ2n) is 6.19. The van der Waals surface area contributed by atoms with E-state index in [2.05, 4.69) is 15.6 Å². The molecule has 0 unspecified atom stereocenters. The summed E-state index contributed by atoms with van der Waals surface area (Å²) in [5, 5.41) is 5.47. The average molecular weight is 389 g/mol. The highest BCUT2D eigenvalue weighted by Crippen LogP contribution is 2.17. The first kappa shape index (κ1) is 19.8. The molecule has 2 amide bonds. The number of ketones is 1. The van der Waals surface area contributed by atoms with E-state index >= 15 is 0 Å². The molecule has 146 valence electrons. The minimum absolute atomic E-state index is 0.0372. The molecule has 0 atom stereocenters. The van der Waals surface area contributed by atoms with Gasteiger partial charge in [-0.15, -0.1) is 0 Å². The van der Waals surface area contributed by atoms with Gasteiger partial charge in [0.25, 0.3) is 11.8 Å². The Labute approximate surface area is 167 Å². The van der Waals surface area contributed by atoms with E-state index in [4.69, 9.17) is 4.74 Å². The number of Topliss-reactive ketones (excluding diaryl/α,β-unsaturated/α-hetero) is 1. The van der Waals surface area contributed by atoms with Crippen LogP contribution in [0.3, 0.4) is 0 Å². The SMILES string of the molecule is CC(=O)c1ccc(OCC(=O)Nc2cccc(NC(=O)c3cccnc3)c2)cc1. The topological polar surface area (TPSA) is 97.4 Å². The zero-order valence-corrected chi connectivity index (χ0v) is 15.7.